The molecule has 0 saturated carbocycles. The number of hydrogen-bond acceptors (Lipinski definition) is 3. The highest BCUT2D eigenvalue weighted by Crippen LogP contribution is 2.11. The highest BCUT2D eigenvalue weighted by Gasteiger charge is 2.27. The minimum Gasteiger partial charge on any atom is -0.468 e. The van der Waals surface area contributed by atoms with Crippen molar-refractivity contribution in [2.75, 3.05) is 7.11 Å². The predicted octanol–water partition coefficient (Wildman–Crippen LogP) is 2.38. The Hall–Kier alpha value is -1.06. The molecule has 0 aromatic heterocycles. The lowest BCUT2D eigenvalue weighted by Gasteiger charge is -2.23. The zero-order chi connectivity index (χ0) is 12.2. The maximum atomic E-state index is 11.4. The monoisotopic (exact) mass is 241 g/mol. The zero-order valence-corrected chi connectivity index (χ0v) is 10.5. The van der Waals surface area contributed by atoms with E-state index in [9.17, 15) is 4.79 Å². The SMILES string of the molecule is COC(=O)C(C)(C)NCc1ccc(Cl)cc1. The number of esters is 1. The van der Waals surface area contributed by atoms with Gasteiger partial charge in [0.05, 0.1) is 7.11 Å². The molecule has 0 aliphatic carbocycles. The molecule has 1 rings (SSSR count). The first-order valence-electron chi connectivity index (χ1n) is 5.03. The second-order valence-electron chi connectivity index (χ2n) is 4.10. The minimum atomic E-state index is -0.686. The molecule has 0 saturated heterocycles. The van der Waals surface area contributed by atoms with E-state index in [-0.39, 0.29) is 5.97 Å². The maximum absolute atomic E-state index is 11.4. The van der Waals surface area contributed by atoms with Gasteiger partial charge in [0, 0.05) is 11.6 Å². The molecule has 88 valence electrons. The molecule has 0 fully saturated rings. The maximum Gasteiger partial charge on any atom is 0.325 e. The average Bonchev–Trinajstić information content (AvgIpc) is 2.27. The van der Waals surface area contributed by atoms with Crippen LogP contribution >= 0.6 is 11.6 Å². The van der Waals surface area contributed by atoms with E-state index >= 15 is 0 Å². The summed E-state index contributed by atoms with van der Waals surface area (Å²) in [6, 6.07) is 7.48. The Labute approximate surface area is 101 Å². The van der Waals surface area contributed by atoms with E-state index in [0.717, 1.165) is 5.56 Å². The van der Waals surface area contributed by atoms with Crippen LogP contribution in [0.4, 0.5) is 0 Å². The molecule has 0 atom stereocenters. The third-order valence-corrected chi connectivity index (χ3v) is 2.60. The third-order valence-electron chi connectivity index (χ3n) is 2.34. The molecule has 0 bridgehead atoms. The summed E-state index contributed by atoms with van der Waals surface area (Å²) in [5, 5.41) is 3.83. The lowest BCUT2D eigenvalue weighted by atomic mass is 10.1. The van der Waals surface area contributed by atoms with Crippen LogP contribution in [0.3, 0.4) is 0 Å². The van der Waals surface area contributed by atoms with Gasteiger partial charge in [-0.05, 0) is 31.5 Å². The van der Waals surface area contributed by atoms with E-state index < -0.39 is 5.54 Å². The number of halogens is 1. The first kappa shape index (κ1) is 13.0. The van der Waals surface area contributed by atoms with E-state index in [2.05, 4.69) is 5.32 Å². The molecule has 0 aliphatic rings. The van der Waals surface area contributed by atoms with E-state index in [1.807, 2.05) is 24.3 Å². The van der Waals surface area contributed by atoms with Gasteiger partial charge in [-0.1, -0.05) is 23.7 Å². The summed E-state index contributed by atoms with van der Waals surface area (Å²) < 4.78 is 4.70. The smallest absolute Gasteiger partial charge is 0.325 e. The van der Waals surface area contributed by atoms with Crippen LogP contribution in [0.5, 0.6) is 0 Å². The molecular formula is C12H16ClNO2. The predicted molar refractivity (Wildman–Crippen MR) is 64.4 cm³/mol. The topological polar surface area (TPSA) is 38.3 Å². The molecule has 0 heterocycles. The van der Waals surface area contributed by atoms with Crippen molar-refractivity contribution in [2.24, 2.45) is 0 Å². The summed E-state index contributed by atoms with van der Waals surface area (Å²) in [6.45, 7) is 4.17. The van der Waals surface area contributed by atoms with Gasteiger partial charge in [0.15, 0.2) is 0 Å². The van der Waals surface area contributed by atoms with Crippen molar-refractivity contribution in [3.05, 3.63) is 34.9 Å². The quantitative estimate of drug-likeness (QED) is 0.823. The molecule has 1 N–H and O–H groups in total. The number of ether oxygens (including phenoxy) is 1. The number of rotatable bonds is 4. The molecule has 0 radical (unpaired) electrons. The summed E-state index contributed by atoms with van der Waals surface area (Å²) >= 11 is 5.78. The van der Waals surface area contributed by atoms with Crippen molar-refractivity contribution < 1.29 is 9.53 Å². The Morgan fingerprint density at radius 2 is 1.94 bits per heavy atom. The lowest BCUT2D eigenvalue weighted by molar-refractivity contribution is -0.147. The van der Waals surface area contributed by atoms with Gasteiger partial charge in [0.2, 0.25) is 0 Å². The van der Waals surface area contributed by atoms with Gasteiger partial charge < -0.3 is 4.74 Å². The first-order chi connectivity index (χ1) is 7.45. The van der Waals surface area contributed by atoms with Crippen LogP contribution in [0.15, 0.2) is 24.3 Å². The Bertz CT molecular complexity index is 360. The molecule has 1 aromatic carbocycles. The molecule has 0 unspecified atom stereocenters. The molecule has 16 heavy (non-hydrogen) atoms. The molecule has 3 nitrogen and oxygen atoms in total. The number of methoxy groups -OCH3 is 1. The number of hydrogen-bond donors (Lipinski definition) is 1. The highest BCUT2D eigenvalue weighted by molar-refractivity contribution is 6.30. The Balaban J connectivity index is 2.57. The number of carbonyl (C=O) groups excluding carboxylic acids is 1. The van der Waals surface area contributed by atoms with Crippen molar-refractivity contribution in [1.29, 1.82) is 0 Å². The van der Waals surface area contributed by atoms with Crippen LogP contribution in [0.2, 0.25) is 5.02 Å². The molecular weight excluding hydrogens is 226 g/mol. The standard InChI is InChI=1S/C12H16ClNO2/c1-12(2,11(15)16-3)14-8-9-4-6-10(13)7-5-9/h4-7,14H,8H2,1-3H3. The Morgan fingerprint density at radius 1 is 1.38 bits per heavy atom. The van der Waals surface area contributed by atoms with Crippen LogP contribution in [0, 0.1) is 0 Å². The summed E-state index contributed by atoms with van der Waals surface area (Å²) in [7, 11) is 1.38. The van der Waals surface area contributed by atoms with Crippen molar-refractivity contribution in [3.8, 4) is 0 Å². The van der Waals surface area contributed by atoms with Gasteiger partial charge in [-0.25, -0.2) is 0 Å². The molecule has 0 aliphatic heterocycles. The van der Waals surface area contributed by atoms with E-state index in [0.29, 0.717) is 11.6 Å². The first-order valence-corrected chi connectivity index (χ1v) is 5.41. The summed E-state index contributed by atoms with van der Waals surface area (Å²) in [4.78, 5) is 11.4. The van der Waals surface area contributed by atoms with Gasteiger partial charge >= 0.3 is 5.97 Å². The van der Waals surface area contributed by atoms with Crippen LogP contribution in [-0.2, 0) is 16.1 Å². The minimum absolute atomic E-state index is 0.276. The van der Waals surface area contributed by atoms with Gasteiger partial charge in [0.25, 0.3) is 0 Å². The van der Waals surface area contributed by atoms with E-state index in [1.165, 1.54) is 7.11 Å². The normalized spacial score (nSPS) is 11.2. The lowest BCUT2D eigenvalue weighted by Crippen LogP contribution is -2.46. The van der Waals surface area contributed by atoms with Gasteiger partial charge in [-0.3, -0.25) is 10.1 Å². The zero-order valence-electron chi connectivity index (χ0n) is 9.71. The Kier molecular flexibility index (Phi) is 4.33. The van der Waals surface area contributed by atoms with Crippen molar-refractivity contribution in [1.82, 2.24) is 5.32 Å². The number of carbonyl (C=O) groups is 1. The summed E-state index contributed by atoms with van der Waals surface area (Å²) in [5.41, 5.74) is 0.385. The van der Waals surface area contributed by atoms with Crippen LogP contribution < -0.4 is 5.32 Å². The number of nitrogens with one attached hydrogen (secondary N) is 1. The van der Waals surface area contributed by atoms with Gasteiger partial charge in [-0.2, -0.15) is 0 Å². The van der Waals surface area contributed by atoms with E-state index in [1.54, 1.807) is 13.8 Å². The van der Waals surface area contributed by atoms with Crippen LogP contribution in [0.1, 0.15) is 19.4 Å². The molecule has 0 spiro atoms. The molecule has 1 aromatic rings. The van der Waals surface area contributed by atoms with Gasteiger partial charge in [-0.15, -0.1) is 0 Å². The second-order valence-corrected chi connectivity index (χ2v) is 4.53. The van der Waals surface area contributed by atoms with Gasteiger partial charge in [0.1, 0.15) is 5.54 Å². The molecule has 0 amide bonds. The Morgan fingerprint density at radius 3 is 2.44 bits per heavy atom. The summed E-state index contributed by atoms with van der Waals surface area (Å²) in [6.07, 6.45) is 0. The second kappa shape index (κ2) is 5.32. The fourth-order valence-electron chi connectivity index (χ4n) is 1.25. The summed E-state index contributed by atoms with van der Waals surface area (Å²) in [5.74, 6) is -0.276. The molecule has 4 heteroatoms. The van der Waals surface area contributed by atoms with Crippen LogP contribution in [-0.4, -0.2) is 18.6 Å². The van der Waals surface area contributed by atoms with Crippen molar-refractivity contribution >= 4 is 17.6 Å². The van der Waals surface area contributed by atoms with Crippen molar-refractivity contribution in [3.63, 3.8) is 0 Å². The fraction of sp³-hybridized carbons (Fsp3) is 0.417. The van der Waals surface area contributed by atoms with E-state index in [4.69, 9.17) is 16.3 Å². The largest absolute Gasteiger partial charge is 0.468 e. The highest BCUT2D eigenvalue weighted by atomic mass is 35.5. The van der Waals surface area contributed by atoms with Crippen molar-refractivity contribution in [2.45, 2.75) is 25.9 Å². The average molecular weight is 242 g/mol. The number of benzene rings is 1. The van der Waals surface area contributed by atoms with Crippen LogP contribution in [0.25, 0.3) is 0 Å². The third kappa shape index (κ3) is 3.51. The fourth-order valence-corrected chi connectivity index (χ4v) is 1.38.